The third-order valence-corrected chi connectivity index (χ3v) is 4.24. The minimum absolute atomic E-state index is 0.135. The molecule has 0 radical (unpaired) electrons. The molecule has 0 aromatic carbocycles. The lowest BCUT2D eigenvalue weighted by atomic mass is 9.90. The number of alkyl halides is 1. The quantitative estimate of drug-likeness (QED) is 0.646. The van der Waals surface area contributed by atoms with Crippen LogP contribution in [0.3, 0.4) is 0 Å². The molecule has 0 bridgehead atoms. The number of hydrogen-bond donors (Lipinski definition) is 0. The Morgan fingerprint density at radius 1 is 1.50 bits per heavy atom. The molecule has 12 heavy (non-hydrogen) atoms. The van der Waals surface area contributed by atoms with E-state index in [-0.39, 0.29) is 11.0 Å². The maximum atomic E-state index is 11.1. The highest BCUT2D eigenvalue weighted by Crippen LogP contribution is 2.33. The van der Waals surface area contributed by atoms with Gasteiger partial charge in [0, 0.05) is 5.25 Å². The fourth-order valence-corrected chi connectivity index (χ4v) is 2.90. The van der Waals surface area contributed by atoms with Crippen molar-refractivity contribution >= 4 is 28.5 Å². The Kier molecular flexibility index (Phi) is 4.44. The van der Waals surface area contributed by atoms with Gasteiger partial charge < -0.3 is 0 Å². The second-order valence-electron chi connectivity index (χ2n) is 3.42. The molecule has 1 aliphatic rings. The Morgan fingerprint density at radius 2 is 2.17 bits per heavy atom. The number of rotatable bonds is 2. The van der Waals surface area contributed by atoms with Crippen molar-refractivity contribution in [2.75, 3.05) is 5.88 Å². The van der Waals surface area contributed by atoms with Gasteiger partial charge in [-0.1, -0.05) is 31.5 Å². The van der Waals surface area contributed by atoms with Crippen molar-refractivity contribution in [3.05, 3.63) is 0 Å². The summed E-state index contributed by atoms with van der Waals surface area (Å²) in [6, 6.07) is 0. The Balaban J connectivity index is 2.33. The summed E-state index contributed by atoms with van der Waals surface area (Å²) in [7, 11) is 0. The number of carbonyl (C=O) groups excluding carboxylic acids is 1. The van der Waals surface area contributed by atoms with Crippen molar-refractivity contribution in [1.29, 1.82) is 0 Å². The molecule has 0 heterocycles. The molecule has 1 fully saturated rings. The van der Waals surface area contributed by atoms with Crippen molar-refractivity contribution in [2.24, 2.45) is 5.92 Å². The average Bonchev–Trinajstić information content (AvgIpc) is 2.09. The number of thioether (sulfide) groups is 1. The molecule has 0 aromatic rings. The summed E-state index contributed by atoms with van der Waals surface area (Å²) in [5.74, 6) is 0.851. The fraction of sp³-hybridized carbons (Fsp3) is 0.889. The lowest BCUT2D eigenvalue weighted by Gasteiger charge is -2.27. The van der Waals surface area contributed by atoms with Gasteiger partial charge in [0.05, 0.1) is 5.88 Å². The van der Waals surface area contributed by atoms with Crippen molar-refractivity contribution < 1.29 is 4.79 Å². The van der Waals surface area contributed by atoms with Gasteiger partial charge in [-0.15, -0.1) is 11.6 Å². The molecule has 1 rings (SSSR count). The van der Waals surface area contributed by atoms with Gasteiger partial charge >= 0.3 is 0 Å². The van der Waals surface area contributed by atoms with Crippen LogP contribution in [0.1, 0.15) is 32.6 Å². The maximum absolute atomic E-state index is 11.1. The molecule has 1 saturated carbocycles. The van der Waals surface area contributed by atoms with Crippen LogP contribution in [-0.4, -0.2) is 16.2 Å². The number of carbonyl (C=O) groups is 1. The topological polar surface area (TPSA) is 17.1 Å². The van der Waals surface area contributed by atoms with E-state index in [9.17, 15) is 4.79 Å². The Morgan fingerprint density at radius 3 is 2.75 bits per heavy atom. The average molecular weight is 207 g/mol. The highest BCUT2D eigenvalue weighted by atomic mass is 35.5. The van der Waals surface area contributed by atoms with Crippen LogP contribution in [0.15, 0.2) is 0 Å². The van der Waals surface area contributed by atoms with Gasteiger partial charge in [-0.05, 0) is 18.8 Å². The predicted octanol–water partition coefficient (Wildman–Crippen LogP) is 3.06. The second-order valence-corrected chi connectivity index (χ2v) is 4.99. The van der Waals surface area contributed by atoms with Gasteiger partial charge in [-0.2, -0.15) is 0 Å². The highest BCUT2D eigenvalue weighted by Gasteiger charge is 2.23. The molecule has 0 amide bonds. The van der Waals surface area contributed by atoms with Crippen LogP contribution in [-0.2, 0) is 4.79 Å². The molecule has 1 aliphatic carbocycles. The van der Waals surface area contributed by atoms with Gasteiger partial charge in [-0.25, -0.2) is 0 Å². The summed E-state index contributed by atoms with van der Waals surface area (Å²) in [5, 5.41) is 0.667. The maximum Gasteiger partial charge on any atom is 0.203 e. The summed E-state index contributed by atoms with van der Waals surface area (Å²) in [6.45, 7) is 2.23. The molecule has 1 nitrogen and oxygen atoms in total. The zero-order valence-corrected chi connectivity index (χ0v) is 8.96. The minimum Gasteiger partial charge on any atom is -0.286 e. The zero-order valence-electron chi connectivity index (χ0n) is 7.38. The molecular weight excluding hydrogens is 192 g/mol. The molecule has 70 valence electrons. The lowest BCUT2D eigenvalue weighted by molar-refractivity contribution is -0.108. The van der Waals surface area contributed by atoms with E-state index in [1.807, 2.05) is 0 Å². The van der Waals surface area contributed by atoms with Crippen LogP contribution in [0.4, 0.5) is 0 Å². The van der Waals surface area contributed by atoms with Crippen LogP contribution in [0.5, 0.6) is 0 Å². The first-order valence-electron chi connectivity index (χ1n) is 4.49. The van der Waals surface area contributed by atoms with Crippen LogP contribution in [0.25, 0.3) is 0 Å². The first-order valence-corrected chi connectivity index (χ1v) is 5.91. The Labute approximate surface area is 83.2 Å². The SMILES string of the molecule is CC1CCCCC1SC(=O)CCl. The molecule has 0 aliphatic heterocycles. The van der Waals surface area contributed by atoms with E-state index in [2.05, 4.69) is 6.92 Å². The summed E-state index contributed by atoms with van der Waals surface area (Å²) in [6.07, 6.45) is 5.06. The Bertz CT molecular complexity index is 161. The normalized spacial score (nSPS) is 30.2. The van der Waals surface area contributed by atoms with E-state index in [4.69, 9.17) is 11.6 Å². The molecule has 2 unspecified atom stereocenters. The molecular formula is C9H15ClOS. The zero-order chi connectivity index (χ0) is 8.97. The monoisotopic (exact) mass is 206 g/mol. The molecule has 3 heteroatoms. The van der Waals surface area contributed by atoms with Crippen LogP contribution >= 0.6 is 23.4 Å². The number of hydrogen-bond acceptors (Lipinski definition) is 2. The van der Waals surface area contributed by atoms with Crippen LogP contribution in [0.2, 0.25) is 0 Å². The molecule has 2 atom stereocenters. The standard InChI is InChI=1S/C9H15ClOS/c1-7-4-2-3-5-8(7)12-9(11)6-10/h7-8H,2-6H2,1H3. The van der Waals surface area contributed by atoms with Crippen molar-refractivity contribution in [2.45, 2.75) is 37.9 Å². The van der Waals surface area contributed by atoms with E-state index in [1.165, 1.54) is 37.4 Å². The first-order chi connectivity index (χ1) is 5.74. The van der Waals surface area contributed by atoms with Crippen molar-refractivity contribution in [1.82, 2.24) is 0 Å². The van der Waals surface area contributed by atoms with Gasteiger partial charge in [-0.3, -0.25) is 4.79 Å². The van der Waals surface area contributed by atoms with Crippen LogP contribution in [0, 0.1) is 5.92 Å². The Hall–Kier alpha value is 0.310. The smallest absolute Gasteiger partial charge is 0.203 e. The summed E-state index contributed by atoms with van der Waals surface area (Å²) in [4.78, 5) is 11.1. The molecule has 0 aromatic heterocycles. The van der Waals surface area contributed by atoms with Gasteiger partial charge in [0.1, 0.15) is 0 Å². The highest BCUT2D eigenvalue weighted by molar-refractivity contribution is 8.14. The molecule has 0 spiro atoms. The summed E-state index contributed by atoms with van der Waals surface area (Å²) in [5.41, 5.74) is 0. The molecule has 0 saturated heterocycles. The third kappa shape index (κ3) is 2.98. The van der Waals surface area contributed by atoms with E-state index < -0.39 is 0 Å². The van der Waals surface area contributed by atoms with E-state index >= 15 is 0 Å². The van der Waals surface area contributed by atoms with E-state index in [0.717, 1.165) is 0 Å². The molecule has 0 N–H and O–H groups in total. The first kappa shape index (κ1) is 10.4. The second kappa shape index (κ2) is 5.13. The van der Waals surface area contributed by atoms with E-state index in [1.54, 1.807) is 0 Å². The minimum atomic E-state index is 0.135. The number of halogens is 1. The van der Waals surface area contributed by atoms with Gasteiger partial charge in [0.2, 0.25) is 5.12 Å². The summed E-state index contributed by atoms with van der Waals surface area (Å²) >= 11 is 6.91. The largest absolute Gasteiger partial charge is 0.286 e. The fourth-order valence-electron chi connectivity index (χ4n) is 1.66. The predicted molar refractivity (Wildman–Crippen MR) is 54.7 cm³/mol. The summed E-state index contributed by atoms with van der Waals surface area (Å²) < 4.78 is 0. The van der Waals surface area contributed by atoms with Crippen molar-refractivity contribution in [3.63, 3.8) is 0 Å². The van der Waals surface area contributed by atoms with E-state index in [0.29, 0.717) is 11.2 Å². The lowest BCUT2D eigenvalue weighted by Crippen LogP contribution is -2.20. The van der Waals surface area contributed by atoms with Gasteiger partial charge in [0.15, 0.2) is 0 Å². The van der Waals surface area contributed by atoms with Crippen LogP contribution < -0.4 is 0 Å². The van der Waals surface area contributed by atoms with Crippen molar-refractivity contribution in [3.8, 4) is 0 Å². The van der Waals surface area contributed by atoms with Gasteiger partial charge in [0.25, 0.3) is 0 Å². The third-order valence-electron chi connectivity index (χ3n) is 2.42.